The Kier molecular flexibility index (Phi) is 72.2. The van der Waals surface area contributed by atoms with Crippen LogP contribution in [0, 0.1) is 6.92 Å². The van der Waals surface area contributed by atoms with Gasteiger partial charge in [-0.15, -0.1) is 0 Å². The molecule has 0 aliphatic heterocycles. The van der Waals surface area contributed by atoms with Crippen molar-refractivity contribution in [2.45, 2.75) is 118 Å². The molecule has 0 aromatic rings. The summed E-state index contributed by atoms with van der Waals surface area (Å²) in [6.45, 7) is 12.0. The Bertz CT molecular complexity index is 140. The largest absolute Gasteiger partial charge is 0.397 e. The number of hydrogen-bond acceptors (Lipinski definition) is 3. The van der Waals surface area contributed by atoms with Crippen LogP contribution in [-0.4, -0.2) is 35.1 Å². The van der Waals surface area contributed by atoms with E-state index in [1.54, 1.807) is 20.8 Å². The third kappa shape index (κ3) is 73.8. The van der Waals surface area contributed by atoms with Crippen molar-refractivity contribution in [3.63, 3.8) is 0 Å². The van der Waals surface area contributed by atoms with Gasteiger partial charge in [0.2, 0.25) is 0 Å². The Labute approximate surface area is 185 Å². The van der Waals surface area contributed by atoms with Crippen molar-refractivity contribution in [3.05, 3.63) is 6.92 Å². The van der Waals surface area contributed by atoms with Gasteiger partial charge in [0, 0.05) is 46.0 Å². The van der Waals surface area contributed by atoms with E-state index in [-0.39, 0.29) is 46.0 Å². The molecule has 4 heteroatoms. The number of rotatable bonds is 13. The topological polar surface area (TPSA) is 60.7 Å². The minimum absolute atomic E-state index is 0. The molecule has 26 heavy (non-hydrogen) atoms. The van der Waals surface area contributed by atoms with Crippen molar-refractivity contribution in [2.75, 3.05) is 19.8 Å². The maximum absolute atomic E-state index is 7.57. The Morgan fingerprint density at radius 3 is 0.846 bits per heavy atom. The first-order valence-electron chi connectivity index (χ1n) is 10.8. The summed E-state index contributed by atoms with van der Waals surface area (Å²) < 4.78 is 0. The van der Waals surface area contributed by atoms with Crippen molar-refractivity contribution in [1.29, 1.82) is 0 Å². The van der Waals surface area contributed by atoms with E-state index < -0.39 is 0 Å². The molecular weight excluding hydrogens is 403 g/mol. The zero-order chi connectivity index (χ0) is 20.0. The second-order valence-corrected chi connectivity index (χ2v) is 6.04. The van der Waals surface area contributed by atoms with Crippen molar-refractivity contribution in [2.24, 2.45) is 0 Å². The first kappa shape index (κ1) is 37.5. The summed E-state index contributed by atoms with van der Waals surface area (Å²) in [5, 5.41) is 22.7. The summed E-state index contributed by atoms with van der Waals surface area (Å²) in [6.07, 6.45) is 19.8. The maximum atomic E-state index is 7.57. The van der Waals surface area contributed by atoms with Gasteiger partial charge in [-0.05, 0) is 20.8 Å². The van der Waals surface area contributed by atoms with E-state index in [9.17, 15) is 0 Å². The van der Waals surface area contributed by atoms with Gasteiger partial charge in [0.1, 0.15) is 0 Å². The summed E-state index contributed by atoms with van der Waals surface area (Å²) in [5.74, 6) is 0. The molecule has 0 radical (unpaired) electrons. The molecule has 0 aliphatic carbocycles. The van der Waals surface area contributed by atoms with Gasteiger partial charge in [-0.1, -0.05) is 90.4 Å². The average molecular weight is 455 g/mol. The zero-order valence-corrected chi connectivity index (χ0v) is 21.0. The smallest absolute Gasteiger partial charge is 0.0402 e. The van der Waals surface area contributed by atoms with Crippen molar-refractivity contribution >= 4 is 0 Å². The SMILES string of the molecule is CCO.CCO.CCO.[CH2-]CCCCCCCCCCCCCCC.[Zr]. The average Bonchev–Trinajstić information content (AvgIpc) is 2.58. The maximum Gasteiger partial charge on any atom is 0.0402 e. The van der Waals surface area contributed by atoms with Crippen LogP contribution in [0.25, 0.3) is 0 Å². The number of unbranched alkanes of at least 4 members (excludes halogenated alkanes) is 13. The first-order chi connectivity index (χ1) is 12.2. The third-order valence-electron chi connectivity index (χ3n) is 3.35. The van der Waals surface area contributed by atoms with Crippen LogP contribution >= 0.6 is 0 Å². The van der Waals surface area contributed by atoms with Crippen LogP contribution in [0.2, 0.25) is 0 Å². The third-order valence-corrected chi connectivity index (χ3v) is 3.35. The van der Waals surface area contributed by atoms with Gasteiger partial charge < -0.3 is 22.2 Å². The summed E-state index contributed by atoms with van der Waals surface area (Å²) in [5.41, 5.74) is 0. The molecule has 0 unspecified atom stereocenters. The molecular formula is C22H51O3Zr-. The summed E-state index contributed by atoms with van der Waals surface area (Å²) in [4.78, 5) is 0. The Morgan fingerprint density at radius 2 is 0.654 bits per heavy atom. The molecule has 0 saturated carbocycles. The zero-order valence-electron chi connectivity index (χ0n) is 18.6. The number of aliphatic hydroxyl groups is 3. The molecule has 0 heterocycles. The second-order valence-electron chi connectivity index (χ2n) is 6.04. The van der Waals surface area contributed by atoms with Gasteiger partial charge in [-0.2, -0.15) is 6.42 Å². The van der Waals surface area contributed by atoms with E-state index in [2.05, 4.69) is 13.8 Å². The molecule has 0 spiro atoms. The molecule has 3 N–H and O–H groups in total. The summed E-state index contributed by atoms with van der Waals surface area (Å²) in [6, 6.07) is 0. The predicted octanol–water partition coefficient (Wildman–Crippen LogP) is 6.30. The van der Waals surface area contributed by atoms with Gasteiger partial charge in [0.05, 0.1) is 0 Å². The van der Waals surface area contributed by atoms with Gasteiger partial charge in [-0.25, -0.2) is 0 Å². The monoisotopic (exact) mass is 453 g/mol. The minimum Gasteiger partial charge on any atom is -0.397 e. The normalized spacial score (nSPS) is 8.77. The van der Waals surface area contributed by atoms with E-state index in [4.69, 9.17) is 15.3 Å². The quantitative estimate of drug-likeness (QED) is 0.226. The van der Waals surface area contributed by atoms with Crippen molar-refractivity contribution in [1.82, 2.24) is 0 Å². The van der Waals surface area contributed by atoms with E-state index in [0.29, 0.717) is 0 Å². The van der Waals surface area contributed by atoms with Crippen LogP contribution in [0.3, 0.4) is 0 Å². The fourth-order valence-corrected chi connectivity index (χ4v) is 2.19. The molecule has 0 rings (SSSR count). The molecule has 0 saturated heterocycles. The van der Waals surface area contributed by atoms with Crippen LogP contribution < -0.4 is 0 Å². The molecule has 0 atom stereocenters. The van der Waals surface area contributed by atoms with E-state index in [1.807, 2.05) is 0 Å². The van der Waals surface area contributed by atoms with Crippen LogP contribution in [0.15, 0.2) is 0 Å². The molecule has 0 aliphatic rings. The Hall–Kier alpha value is 0.763. The van der Waals surface area contributed by atoms with Gasteiger partial charge in [0.15, 0.2) is 0 Å². The fourth-order valence-electron chi connectivity index (χ4n) is 2.19. The second kappa shape index (κ2) is 50.1. The van der Waals surface area contributed by atoms with E-state index in [0.717, 1.165) is 6.42 Å². The summed E-state index contributed by atoms with van der Waals surface area (Å²) in [7, 11) is 0. The van der Waals surface area contributed by atoms with E-state index in [1.165, 1.54) is 83.5 Å². The molecule has 0 bridgehead atoms. The fraction of sp³-hybridized carbons (Fsp3) is 0.955. The molecule has 0 aromatic heterocycles. The van der Waals surface area contributed by atoms with E-state index >= 15 is 0 Å². The summed E-state index contributed by atoms with van der Waals surface area (Å²) >= 11 is 0. The van der Waals surface area contributed by atoms with Crippen LogP contribution in [0.4, 0.5) is 0 Å². The van der Waals surface area contributed by atoms with Crippen LogP contribution in [0.5, 0.6) is 0 Å². The number of aliphatic hydroxyl groups excluding tert-OH is 3. The standard InChI is InChI=1S/C16H33.3C2H6O.Zr/c1-3-5-7-9-11-13-15-16-14-12-10-8-6-4-2;3*1-2-3;/h1,3-16H2,2H3;3*3H,2H2,1H3;/q-1;;;;. The molecule has 0 fully saturated rings. The van der Waals surface area contributed by atoms with Gasteiger partial charge in [-0.3, -0.25) is 0 Å². The van der Waals surface area contributed by atoms with Gasteiger partial charge >= 0.3 is 0 Å². The molecule has 162 valence electrons. The minimum atomic E-state index is 0. The number of hydrogen-bond donors (Lipinski definition) is 3. The Morgan fingerprint density at radius 1 is 0.462 bits per heavy atom. The van der Waals surface area contributed by atoms with Crippen molar-refractivity contribution in [3.8, 4) is 0 Å². The molecule has 0 aromatic carbocycles. The van der Waals surface area contributed by atoms with Crippen molar-refractivity contribution < 1.29 is 41.5 Å². The van der Waals surface area contributed by atoms with Crippen LogP contribution in [-0.2, 0) is 26.2 Å². The predicted molar refractivity (Wildman–Crippen MR) is 114 cm³/mol. The Balaban J connectivity index is -0.000000123. The first-order valence-corrected chi connectivity index (χ1v) is 10.8. The molecule has 0 amide bonds. The van der Waals surface area contributed by atoms with Gasteiger partial charge in [0.25, 0.3) is 0 Å². The van der Waals surface area contributed by atoms with Crippen LogP contribution in [0.1, 0.15) is 118 Å². The molecule has 3 nitrogen and oxygen atoms in total.